The van der Waals surface area contributed by atoms with Gasteiger partial charge in [0.2, 0.25) is 0 Å². The quantitative estimate of drug-likeness (QED) is 0.469. The minimum Gasteiger partial charge on any atom is -0.314 e. The molecule has 2 rings (SSSR count). The van der Waals surface area contributed by atoms with Crippen molar-refractivity contribution in [2.75, 3.05) is 6.16 Å². The summed E-state index contributed by atoms with van der Waals surface area (Å²) in [4.78, 5) is 10.4. The molecule has 6 heteroatoms. The average molecular weight is 272 g/mol. The standard InChI is InChI=1S/C11H11ClNO3P/c1-8-4-5-17(16,7-8)11-6-9(12)2-3-10(11)13(14)15/h2-3,6-7H,4-5H2,1H3. The van der Waals surface area contributed by atoms with Gasteiger partial charge in [0.15, 0.2) is 0 Å². The van der Waals surface area contributed by atoms with Crippen LogP contribution in [0.3, 0.4) is 0 Å². The van der Waals surface area contributed by atoms with E-state index >= 15 is 0 Å². The molecule has 0 saturated heterocycles. The van der Waals surface area contributed by atoms with Crippen LogP contribution >= 0.6 is 18.7 Å². The summed E-state index contributed by atoms with van der Waals surface area (Å²) >= 11 is 5.83. The van der Waals surface area contributed by atoms with E-state index in [0.717, 1.165) is 12.0 Å². The smallest absolute Gasteiger partial charge is 0.280 e. The highest BCUT2D eigenvalue weighted by molar-refractivity contribution is 7.75. The Hall–Kier alpha value is -1.12. The van der Waals surface area contributed by atoms with Gasteiger partial charge in [-0.3, -0.25) is 10.1 Å². The van der Waals surface area contributed by atoms with Crippen LogP contribution in [-0.2, 0) is 4.57 Å². The van der Waals surface area contributed by atoms with E-state index in [1.807, 2.05) is 6.92 Å². The number of hydrogen-bond donors (Lipinski definition) is 0. The maximum atomic E-state index is 12.7. The van der Waals surface area contributed by atoms with Crippen molar-refractivity contribution in [1.29, 1.82) is 0 Å². The fourth-order valence-electron chi connectivity index (χ4n) is 1.97. The molecule has 0 aromatic heterocycles. The number of hydrogen-bond acceptors (Lipinski definition) is 3. The van der Waals surface area contributed by atoms with Gasteiger partial charge in [-0.05, 0) is 31.3 Å². The Labute approximate surface area is 104 Å². The molecule has 0 N–H and O–H groups in total. The van der Waals surface area contributed by atoms with E-state index in [2.05, 4.69) is 0 Å². The molecule has 4 nitrogen and oxygen atoms in total. The van der Waals surface area contributed by atoms with Crippen LogP contribution in [0.15, 0.2) is 29.6 Å². The normalized spacial score (nSPS) is 23.5. The number of rotatable bonds is 2. The van der Waals surface area contributed by atoms with Crippen LogP contribution in [0.4, 0.5) is 5.69 Å². The van der Waals surface area contributed by atoms with E-state index < -0.39 is 12.1 Å². The molecule has 1 heterocycles. The molecular weight excluding hydrogens is 261 g/mol. The third kappa shape index (κ3) is 2.28. The predicted molar refractivity (Wildman–Crippen MR) is 68.6 cm³/mol. The number of nitro groups is 1. The average Bonchev–Trinajstić information content (AvgIpc) is 2.59. The molecule has 0 saturated carbocycles. The van der Waals surface area contributed by atoms with Crippen molar-refractivity contribution in [2.45, 2.75) is 13.3 Å². The van der Waals surface area contributed by atoms with Gasteiger partial charge in [0.25, 0.3) is 5.69 Å². The van der Waals surface area contributed by atoms with Crippen molar-refractivity contribution in [3.8, 4) is 0 Å². The summed E-state index contributed by atoms with van der Waals surface area (Å²) in [5.41, 5.74) is 0.909. The van der Waals surface area contributed by atoms with Crippen molar-refractivity contribution in [1.82, 2.24) is 0 Å². The van der Waals surface area contributed by atoms with Gasteiger partial charge >= 0.3 is 0 Å². The lowest BCUT2D eigenvalue weighted by Crippen LogP contribution is -2.10. The van der Waals surface area contributed by atoms with Gasteiger partial charge in [-0.1, -0.05) is 17.2 Å². The first-order chi connectivity index (χ1) is 7.92. The Morgan fingerprint density at radius 1 is 1.47 bits per heavy atom. The highest BCUT2D eigenvalue weighted by atomic mass is 35.5. The second-order valence-electron chi connectivity index (χ2n) is 4.13. The van der Waals surface area contributed by atoms with Gasteiger partial charge in [-0.2, -0.15) is 0 Å². The van der Waals surface area contributed by atoms with Gasteiger partial charge in [0.1, 0.15) is 7.14 Å². The molecule has 1 atom stereocenters. The summed E-state index contributed by atoms with van der Waals surface area (Å²) in [6.45, 7) is 1.88. The zero-order valence-electron chi connectivity index (χ0n) is 9.22. The summed E-state index contributed by atoms with van der Waals surface area (Å²) < 4.78 is 12.7. The topological polar surface area (TPSA) is 60.2 Å². The lowest BCUT2D eigenvalue weighted by molar-refractivity contribution is -0.383. The lowest BCUT2D eigenvalue weighted by Gasteiger charge is -2.10. The molecule has 0 bridgehead atoms. The van der Waals surface area contributed by atoms with E-state index in [4.69, 9.17) is 11.6 Å². The van der Waals surface area contributed by atoms with Gasteiger partial charge in [-0.15, -0.1) is 0 Å². The molecule has 90 valence electrons. The van der Waals surface area contributed by atoms with Crippen LogP contribution in [0.1, 0.15) is 13.3 Å². The zero-order chi connectivity index (χ0) is 12.6. The molecule has 1 aliphatic heterocycles. The molecule has 17 heavy (non-hydrogen) atoms. The van der Waals surface area contributed by atoms with Crippen LogP contribution in [-0.4, -0.2) is 11.1 Å². The highest BCUT2D eigenvalue weighted by Crippen LogP contribution is 2.54. The molecule has 0 spiro atoms. The largest absolute Gasteiger partial charge is 0.314 e. The van der Waals surface area contributed by atoms with Crippen LogP contribution in [0.25, 0.3) is 0 Å². The molecule has 0 amide bonds. The molecule has 1 unspecified atom stereocenters. The van der Waals surface area contributed by atoms with E-state index in [1.54, 1.807) is 5.82 Å². The molecular formula is C11H11ClNO3P. The maximum Gasteiger partial charge on any atom is 0.280 e. The third-order valence-electron chi connectivity index (χ3n) is 2.81. The lowest BCUT2D eigenvalue weighted by atomic mass is 10.3. The van der Waals surface area contributed by atoms with Crippen LogP contribution in [0.2, 0.25) is 5.02 Å². The number of nitro benzene ring substituents is 1. The molecule has 1 aromatic rings. The summed E-state index contributed by atoms with van der Waals surface area (Å²) in [5.74, 6) is 1.67. The Morgan fingerprint density at radius 3 is 2.71 bits per heavy atom. The summed E-state index contributed by atoms with van der Waals surface area (Å²) in [6.07, 6.45) is 1.18. The van der Waals surface area contributed by atoms with Crippen LogP contribution in [0.5, 0.6) is 0 Å². The summed E-state index contributed by atoms with van der Waals surface area (Å²) in [5, 5.41) is 11.6. The highest BCUT2D eigenvalue weighted by Gasteiger charge is 2.33. The second-order valence-corrected chi connectivity index (χ2v) is 7.35. The van der Waals surface area contributed by atoms with Crippen molar-refractivity contribution in [3.63, 3.8) is 0 Å². The molecule has 0 radical (unpaired) electrons. The third-order valence-corrected chi connectivity index (χ3v) is 5.96. The van der Waals surface area contributed by atoms with Crippen molar-refractivity contribution < 1.29 is 9.49 Å². The Bertz CT molecular complexity index is 568. The van der Waals surface area contributed by atoms with Crippen LogP contribution in [0, 0.1) is 10.1 Å². The number of benzene rings is 1. The molecule has 1 aromatic carbocycles. The van der Waals surface area contributed by atoms with Crippen molar-refractivity contribution in [3.05, 3.63) is 44.7 Å². The minimum atomic E-state index is -2.79. The monoisotopic (exact) mass is 271 g/mol. The first-order valence-corrected chi connectivity index (χ1v) is 7.48. The Morgan fingerprint density at radius 2 is 2.18 bits per heavy atom. The zero-order valence-corrected chi connectivity index (χ0v) is 10.9. The minimum absolute atomic E-state index is 0.108. The molecule has 1 aliphatic rings. The van der Waals surface area contributed by atoms with Gasteiger partial charge < -0.3 is 4.57 Å². The van der Waals surface area contributed by atoms with E-state index in [9.17, 15) is 14.7 Å². The van der Waals surface area contributed by atoms with Gasteiger partial charge in [0, 0.05) is 17.3 Å². The first-order valence-electron chi connectivity index (χ1n) is 5.14. The SMILES string of the molecule is CC1=CP(=O)(c2cc(Cl)ccc2[N+](=O)[O-])CC1. The molecule has 0 fully saturated rings. The Balaban J connectivity index is 2.62. The Kier molecular flexibility index (Phi) is 3.11. The van der Waals surface area contributed by atoms with Crippen molar-refractivity contribution >= 4 is 29.7 Å². The fraction of sp³-hybridized carbons (Fsp3) is 0.273. The van der Waals surface area contributed by atoms with Gasteiger partial charge in [0.05, 0.1) is 10.2 Å². The molecule has 0 aliphatic carbocycles. The number of allylic oxidation sites excluding steroid dienone is 1. The van der Waals surface area contributed by atoms with Gasteiger partial charge in [-0.25, -0.2) is 0 Å². The number of nitrogens with zero attached hydrogens (tertiary/aromatic N) is 1. The summed E-state index contributed by atoms with van der Waals surface area (Å²) in [6, 6.07) is 4.22. The fourth-order valence-corrected chi connectivity index (χ4v) is 5.16. The predicted octanol–water partition coefficient (Wildman–Crippen LogP) is 3.54. The number of halogens is 1. The van der Waals surface area contributed by atoms with E-state index in [-0.39, 0.29) is 11.0 Å². The van der Waals surface area contributed by atoms with E-state index in [1.165, 1.54) is 18.2 Å². The first kappa shape index (κ1) is 12.3. The summed E-state index contributed by atoms with van der Waals surface area (Å²) in [7, 11) is -2.79. The van der Waals surface area contributed by atoms with E-state index in [0.29, 0.717) is 11.2 Å². The maximum absolute atomic E-state index is 12.7. The second kappa shape index (κ2) is 4.28. The van der Waals surface area contributed by atoms with Crippen molar-refractivity contribution in [2.24, 2.45) is 0 Å². The van der Waals surface area contributed by atoms with Crippen LogP contribution < -0.4 is 5.30 Å².